The van der Waals surface area contributed by atoms with Crippen LogP contribution < -0.4 is 0 Å². The highest BCUT2D eigenvalue weighted by molar-refractivity contribution is 5.89. The lowest BCUT2D eigenvalue weighted by molar-refractivity contribution is -0.392. The summed E-state index contributed by atoms with van der Waals surface area (Å²) in [6.07, 6.45) is 0. The molecule has 0 aliphatic heterocycles. The molecule has 14 heavy (non-hydrogen) atoms. The molecule has 0 saturated carbocycles. The summed E-state index contributed by atoms with van der Waals surface area (Å²) < 4.78 is 1.25. The molecule has 0 aliphatic rings. The van der Waals surface area contributed by atoms with Crippen molar-refractivity contribution >= 4 is 11.8 Å². The van der Waals surface area contributed by atoms with Gasteiger partial charge in [-0.2, -0.15) is 4.98 Å². The first-order valence-corrected chi connectivity index (χ1v) is 3.93. The van der Waals surface area contributed by atoms with Crippen molar-refractivity contribution in [1.29, 1.82) is 0 Å². The molecule has 0 amide bonds. The fraction of sp³-hybridized carbons (Fsp3) is 0.429. The second-order valence-electron chi connectivity index (χ2n) is 2.64. The fourth-order valence-electron chi connectivity index (χ4n) is 1.26. The van der Waals surface area contributed by atoms with Crippen LogP contribution in [0.2, 0.25) is 0 Å². The number of carboxylic acid groups (broad SMARTS) is 1. The molecular formula is C7H9N3O4. The van der Waals surface area contributed by atoms with Crippen molar-refractivity contribution in [3.05, 3.63) is 21.6 Å². The van der Waals surface area contributed by atoms with E-state index in [0.29, 0.717) is 12.4 Å². The van der Waals surface area contributed by atoms with E-state index in [0.717, 1.165) is 0 Å². The number of carbonyl (C=O) groups is 1. The van der Waals surface area contributed by atoms with Gasteiger partial charge in [0.25, 0.3) is 0 Å². The minimum atomic E-state index is -1.38. The van der Waals surface area contributed by atoms with E-state index in [1.54, 1.807) is 6.92 Å². The molecule has 7 heteroatoms. The summed E-state index contributed by atoms with van der Waals surface area (Å²) in [6, 6.07) is 0. The molecule has 0 spiro atoms. The van der Waals surface area contributed by atoms with Crippen LogP contribution in [0.15, 0.2) is 0 Å². The number of aromatic nitrogens is 2. The Morgan fingerprint density at radius 2 is 2.29 bits per heavy atom. The highest BCUT2D eigenvalue weighted by Crippen LogP contribution is 2.19. The van der Waals surface area contributed by atoms with Crippen LogP contribution in [0.5, 0.6) is 0 Å². The fourth-order valence-corrected chi connectivity index (χ4v) is 1.26. The molecule has 1 N–H and O–H groups in total. The van der Waals surface area contributed by atoms with Crippen LogP contribution in [-0.4, -0.2) is 25.6 Å². The summed E-state index contributed by atoms with van der Waals surface area (Å²) in [4.78, 5) is 24.1. The van der Waals surface area contributed by atoms with Gasteiger partial charge >= 0.3 is 11.8 Å². The van der Waals surface area contributed by atoms with Crippen LogP contribution in [-0.2, 0) is 6.54 Å². The van der Waals surface area contributed by atoms with Crippen LogP contribution in [0, 0.1) is 17.0 Å². The van der Waals surface area contributed by atoms with Gasteiger partial charge in [0.15, 0.2) is 5.82 Å². The standard InChI is InChI=1S/C7H9N3O4/c1-3-9-4(2)8-5(7(11)12)6(9)10(13)14/h3H2,1-2H3,(H,11,12). The van der Waals surface area contributed by atoms with Crippen molar-refractivity contribution in [1.82, 2.24) is 9.55 Å². The topological polar surface area (TPSA) is 98.3 Å². The van der Waals surface area contributed by atoms with Gasteiger partial charge in [0, 0.05) is 6.92 Å². The van der Waals surface area contributed by atoms with Crippen LogP contribution >= 0.6 is 0 Å². The van der Waals surface area contributed by atoms with Crippen molar-refractivity contribution in [2.24, 2.45) is 0 Å². The van der Waals surface area contributed by atoms with Crippen molar-refractivity contribution in [3.8, 4) is 0 Å². The van der Waals surface area contributed by atoms with Crippen molar-refractivity contribution < 1.29 is 14.8 Å². The molecule has 1 aromatic heterocycles. The predicted octanol–water partition coefficient (Wildman–Crippen LogP) is 0.818. The van der Waals surface area contributed by atoms with E-state index < -0.39 is 22.4 Å². The summed E-state index contributed by atoms with van der Waals surface area (Å²) in [5, 5.41) is 19.3. The Morgan fingerprint density at radius 3 is 2.64 bits per heavy atom. The zero-order valence-electron chi connectivity index (χ0n) is 7.72. The third-order valence-corrected chi connectivity index (χ3v) is 1.82. The number of imidazole rings is 1. The summed E-state index contributed by atoms with van der Waals surface area (Å²) in [6.45, 7) is 3.54. The molecular weight excluding hydrogens is 190 g/mol. The highest BCUT2D eigenvalue weighted by Gasteiger charge is 2.28. The Hall–Kier alpha value is -1.92. The minimum absolute atomic E-state index is 0.322. The minimum Gasteiger partial charge on any atom is -0.476 e. The molecule has 0 fully saturated rings. The molecule has 0 radical (unpaired) electrons. The molecule has 0 unspecified atom stereocenters. The second kappa shape index (κ2) is 3.44. The number of aryl methyl sites for hydroxylation is 1. The van der Waals surface area contributed by atoms with E-state index in [1.165, 1.54) is 11.5 Å². The quantitative estimate of drug-likeness (QED) is 0.573. The van der Waals surface area contributed by atoms with Crippen molar-refractivity contribution in [3.63, 3.8) is 0 Å². The maximum Gasteiger partial charge on any atom is 0.363 e. The van der Waals surface area contributed by atoms with Crippen LogP contribution in [0.3, 0.4) is 0 Å². The summed E-state index contributed by atoms with van der Waals surface area (Å²) >= 11 is 0. The molecule has 1 heterocycles. The van der Waals surface area contributed by atoms with E-state index in [1.807, 2.05) is 0 Å². The van der Waals surface area contributed by atoms with E-state index in [9.17, 15) is 14.9 Å². The van der Waals surface area contributed by atoms with Gasteiger partial charge in [0.1, 0.15) is 0 Å². The van der Waals surface area contributed by atoms with Crippen molar-refractivity contribution in [2.45, 2.75) is 20.4 Å². The van der Waals surface area contributed by atoms with Gasteiger partial charge in [-0.05, 0) is 11.8 Å². The molecule has 0 aromatic carbocycles. The van der Waals surface area contributed by atoms with Gasteiger partial charge in [-0.25, -0.2) is 9.36 Å². The highest BCUT2D eigenvalue weighted by atomic mass is 16.6. The molecule has 1 aromatic rings. The number of nitro groups is 1. The maximum absolute atomic E-state index is 10.6. The molecule has 0 saturated heterocycles. The van der Waals surface area contributed by atoms with E-state index in [2.05, 4.69) is 4.98 Å². The number of nitrogens with zero attached hydrogens (tertiary/aromatic N) is 3. The van der Waals surface area contributed by atoms with Gasteiger partial charge in [0.05, 0.1) is 6.54 Å². The van der Waals surface area contributed by atoms with Crippen LogP contribution in [0.4, 0.5) is 5.82 Å². The summed E-state index contributed by atoms with van der Waals surface area (Å²) in [5.41, 5.74) is -0.505. The number of carboxylic acids is 1. The Kier molecular flexibility index (Phi) is 2.50. The first-order chi connectivity index (χ1) is 6.49. The third-order valence-electron chi connectivity index (χ3n) is 1.82. The van der Waals surface area contributed by atoms with Gasteiger partial charge < -0.3 is 15.2 Å². The second-order valence-corrected chi connectivity index (χ2v) is 2.64. The normalized spacial score (nSPS) is 10.1. The zero-order chi connectivity index (χ0) is 10.9. The number of hydrogen-bond donors (Lipinski definition) is 1. The first-order valence-electron chi connectivity index (χ1n) is 3.93. The van der Waals surface area contributed by atoms with Gasteiger partial charge in [-0.15, -0.1) is 0 Å². The molecule has 76 valence electrons. The molecule has 1 rings (SSSR count). The number of aromatic carboxylic acids is 1. The lowest BCUT2D eigenvalue weighted by atomic mass is 10.4. The van der Waals surface area contributed by atoms with Crippen molar-refractivity contribution in [2.75, 3.05) is 0 Å². The van der Waals surface area contributed by atoms with Gasteiger partial charge in [0.2, 0.25) is 5.69 Å². The lowest BCUT2D eigenvalue weighted by Gasteiger charge is -1.98. The number of rotatable bonds is 3. The molecule has 0 atom stereocenters. The molecule has 0 bridgehead atoms. The Morgan fingerprint density at radius 1 is 1.71 bits per heavy atom. The average molecular weight is 199 g/mol. The van der Waals surface area contributed by atoms with E-state index >= 15 is 0 Å². The monoisotopic (exact) mass is 199 g/mol. The molecule has 0 aliphatic carbocycles. The largest absolute Gasteiger partial charge is 0.476 e. The Bertz CT molecular complexity index is 396. The van der Waals surface area contributed by atoms with Crippen LogP contribution in [0.1, 0.15) is 23.2 Å². The predicted molar refractivity (Wildman–Crippen MR) is 46.3 cm³/mol. The van der Waals surface area contributed by atoms with Gasteiger partial charge in [-0.1, -0.05) is 0 Å². The van der Waals surface area contributed by atoms with Crippen LogP contribution in [0.25, 0.3) is 0 Å². The number of hydrogen-bond acceptors (Lipinski definition) is 4. The van der Waals surface area contributed by atoms with Gasteiger partial charge in [-0.3, -0.25) is 0 Å². The lowest BCUT2D eigenvalue weighted by Crippen LogP contribution is -2.06. The zero-order valence-corrected chi connectivity index (χ0v) is 7.72. The van der Waals surface area contributed by atoms with E-state index in [-0.39, 0.29) is 0 Å². The third kappa shape index (κ3) is 1.43. The summed E-state index contributed by atoms with van der Waals surface area (Å²) in [5.74, 6) is -1.51. The Balaban J connectivity index is 3.45. The maximum atomic E-state index is 10.6. The Labute approximate surface area is 79.1 Å². The first kappa shape index (κ1) is 10.2. The SMILES string of the molecule is CCn1c(C)nc(C(=O)O)c1[N+](=O)[O-]. The molecule has 7 nitrogen and oxygen atoms in total. The summed E-state index contributed by atoms with van der Waals surface area (Å²) in [7, 11) is 0. The smallest absolute Gasteiger partial charge is 0.363 e. The average Bonchev–Trinajstić information content (AvgIpc) is 2.42. The van der Waals surface area contributed by atoms with E-state index in [4.69, 9.17) is 5.11 Å².